The van der Waals surface area contributed by atoms with Crippen LogP contribution in [0.4, 0.5) is 17.5 Å². The van der Waals surface area contributed by atoms with E-state index < -0.39 is 5.60 Å². The number of aliphatic hydroxyl groups excluding tert-OH is 1. The summed E-state index contributed by atoms with van der Waals surface area (Å²) in [4.78, 5) is 12.9. The first-order valence-electron chi connectivity index (χ1n) is 12.0. The number of aromatic nitrogens is 2. The van der Waals surface area contributed by atoms with Gasteiger partial charge in [-0.1, -0.05) is 12.1 Å². The smallest absolute Gasteiger partial charge is 0.229 e. The third-order valence-corrected chi connectivity index (χ3v) is 8.10. The highest BCUT2D eigenvalue weighted by Gasteiger charge is 2.54. The quantitative estimate of drug-likeness (QED) is 0.185. The normalized spacial score (nSPS) is 29.2. The molecule has 1 aromatic carbocycles. The molecule has 0 aliphatic heterocycles. The van der Waals surface area contributed by atoms with E-state index in [1.54, 1.807) is 12.4 Å². The van der Waals surface area contributed by atoms with Gasteiger partial charge in [0.1, 0.15) is 5.82 Å². The lowest BCUT2D eigenvalue weighted by molar-refractivity contribution is -0.129. The SMILES string of the molecule is C=N/C(=C\N(N)Cc1cccc(Nc2ncc(Br)c(NC3C4CC5CC3CC(O)(C5)C4)n2)c1)CO. The predicted octanol–water partition coefficient (Wildman–Crippen LogP) is 3.54. The Morgan fingerprint density at radius 2 is 2.09 bits per heavy atom. The maximum absolute atomic E-state index is 10.9. The fourth-order valence-electron chi connectivity index (χ4n) is 6.36. The first-order chi connectivity index (χ1) is 16.8. The monoisotopic (exact) mass is 541 g/mol. The van der Waals surface area contributed by atoms with Crippen molar-refractivity contribution in [3.8, 4) is 0 Å². The molecule has 0 spiro atoms. The Hall–Kier alpha value is -2.53. The van der Waals surface area contributed by atoms with E-state index >= 15 is 0 Å². The topological polar surface area (TPSA) is 132 Å². The number of aliphatic hydroxyl groups is 2. The molecule has 4 fully saturated rings. The lowest BCUT2D eigenvalue weighted by atomic mass is 9.52. The highest BCUT2D eigenvalue weighted by molar-refractivity contribution is 9.10. The molecular formula is C25H32BrN7O2. The molecule has 6 N–H and O–H groups in total. The second-order valence-electron chi connectivity index (χ2n) is 10.2. The number of halogens is 1. The largest absolute Gasteiger partial charge is 0.390 e. The van der Waals surface area contributed by atoms with Crippen LogP contribution in [-0.4, -0.2) is 50.2 Å². The number of rotatable bonds is 9. The van der Waals surface area contributed by atoms with E-state index in [0.29, 0.717) is 42.0 Å². The molecule has 4 saturated carbocycles. The molecule has 2 atom stereocenters. The van der Waals surface area contributed by atoms with Crippen molar-refractivity contribution >= 4 is 40.1 Å². The van der Waals surface area contributed by atoms with Gasteiger partial charge in [-0.05, 0) is 90.2 Å². The maximum atomic E-state index is 10.9. The average molecular weight is 542 g/mol. The molecule has 4 aliphatic carbocycles. The van der Waals surface area contributed by atoms with Gasteiger partial charge in [0, 0.05) is 24.1 Å². The Kier molecular flexibility index (Phi) is 6.80. The summed E-state index contributed by atoms with van der Waals surface area (Å²) in [7, 11) is 0. The van der Waals surface area contributed by atoms with Crippen molar-refractivity contribution in [3.05, 3.63) is 52.4 Å². The van der Waals surface area contributed by atoms with Crippen LogP contribution in [0.2, 0.25) is 0 Å². The van der Waals surface area contributed by atoms with Crippen LogP contribution < -0.4 is 16.5 Å². The summed E-state index contributed by atoms with van der Waals surface area (Å²) >= 11 is 3.60. The molecule has 1 aromatic heterocycles. The lowest BCUT2D eigenvalue weighted by Crippen LogP contribution is -2.59. The van der Waals surface area contributed by atoms with Crippen LogP contribution in [-0.2, 0) is 6.54 Å². The zero-order valence-corrected chi connectivity index (χ0v) is 21.2. The summed E-state index contributed by atoms with van der Waals surface area (Å²) < 4.78 is 0.824. The summed E-state index contributed by atoms with van der Waals surface area (Å²) in [6.45, 7) is 3.63. The summed E-state index contributed by atoms with van der Waals surface area (Å²) in [6, 6.07) is 8.15. The van der Waals surface area contributed by atoms with Crippen LogP contribution >= 0.6 is 15.9 Å². The molecule has 2 aromatic rings. The van der Waals surface area contributed by atoms with Crippen LogP contribution in [0.3, 0.4) is 0 Å². The summed E-state index contributed by atoms with van der Waals surface area (Å²) in [5.41, 5.74) is 1.76. The maximum Gasteiger partial charge on any atom is 0.229 e. The Labute approximate surface area is 213 Å². The zero-order chi connectivity index (χ0) is 24.6. The Balaban J connectivity index is 1.27. The van der Waals surface area contributed by atoms with Gasteiger partial charge in [0.15, 0.2) is 0 Å². The molecule has 0 saturated heterocycles. The number of aliphatic imine (C=N–C) groups is 1. The molecule has 1 heterocycles. The minimum Gasteiger partial charge on any atom is -0.390 e. The lowest BCUT2D eigenvalue weighted by Gasteiger charge is -2.58. The van der Waals surface area contributed by atoms with Crippen LogP contribution in [0.1, 0.15) is 37.7 Å². The van der Waals surface area contributed by atoms with Crippen molar-refractivity contribution in [2.75, 3.05) is 17.2 Å². The number of hydrazine groups is 1. The van der Waals surface area contributed by atoms with Crippen LogP contribution in [0.15, 0.2) is 51.8 Å². The van der Waals surface area contributed by atoms with Gasteiger partial charge in [-0.25, -0.2) is 10.8 Å². The molecule has 186 valence electrons. The molecule has 35 heavy (non-hydrogen) atoms. The predicted molar refractivity (Wildman–Crippen MR) is 140 cm³/mol. The van der Waals surface area contributed by atoms with Crippen molar-refractivity contribution < 1.29 is 10.2 Å². The van der Waals surface area contributed by atoms with Crippen molar-refractivity contribution in [1.29, 1.82) is 0 Å². The number of benzene rings is 1. The van der Waals surface area contributed by atoms with Gasteiger partial charge in [0.2, 0.25) is 5.95 Å². The number of hydrogen-bond donors (Lipinski definition) is 5. The van der Waals surface area contributed by atoms with Crippen molar-refractivity contribution in [2.45, 2.75) is 50.3 Å². The number of anilines is 3. The molecule has 4 bridgehead atoms. The summed E-state index contributed by atoms with van der Waals surface area (Å²) in [5, 5.41) is 28.6. The Morgan fingerprint density at radius 1 is 1.31 bits per heavy atom. The molecule has 6 rings (SSSR count). The first kappa shape index (κ1) is 24.2. The fourth-order valence-corrected chi connectivity index (χ4v) is 6.67. The summed E-state index contributed by atoms with van der Waals surface area (Å²) in [5.74, 6) is 8.93. The van der Waals surface area contributed by atoms with E-state index in [9.17, 15) is 10.2 Å². The Bertz CT molecular complexity index is 1110. The van der Waals surface area contributed by atoms with E-state index in [4.69, 9.17) is 10.8 Å². The summed E-state index contributed by atoms with van der Waals surface area (Å²) in [6.07, 6.45) is 8.44. The van der Waals surface area contributed by atoms with Gasteiger partial charge in [-0.15, -0.1) is 0 Å². The minimum absolute atomic E-state index is 0.222. The highest BCUT2D eigenvalue weighted by atomic mass is 79.9. The second kappa shape index (κ2) is 9.85. The van der Waals surface area contributed by atoms with Gasteiger partial charge < -0.3 is 25.9 Å². The highest BCUT2D eigenvalue weighted by Crippen LogP contribution is 2.56. The van der Waals surface area contributed by atoms with Crippen molar-refractivity contribution in [2.24, 2.45) is 28.6 Å². The van der Waals surface area contributed by atoms with Gasteiger partial charge in [0.05, 0.1) is 28.9 Å². The second-order valence-corrected chi connectivity index (χ2v) is 11.0. The van der Waals surface area contributed by atoms with Crippen molar-refractivity contribution in [1.82, 2.24) is 15.0 Å². The van der Waals surface area contributed by atoms with Gasteiger partial charge >= 0.3 is 0 Å². The van der Waals surface area contributed by atoms with E-state index in [-0.39, 0.29) is 6.61 Å². The minimum atomic E-state index is -0.452. The molecule has 2 unspecified atom stereocenters. The number of nitrogens with zero attached hydrogens (tertiary/aromatic N) is 4. The first-order valence-corrected chi connectivity index (χ1v) is 12.8. The van der Waals surface area contributed by atoms with Crippen LogP contribution in [0.25, 0.3) is 0 Å². The standard InChI is InChI=1S/C25H32BrN7O2/c1-28-20(14-34)13-33(27)12-15-3-2-4-19(7-15)30-24-29-11-21(26)23(32-24)31-22-17-5-16-6-18(22)10-25(35,8-16)9-17/h2-4,7,11,13,16-18,22,34-35H,1,5-6,8-10,12,14,27H2,(H2,29,30,31,32)/b20-13-. The van der Waals surface area contributed by atoms with Gasteiger partial charge in [-0.2, -0.15) is 4.98 Å². The third-order valence-electron chi connectivity index (χ3n) is 7.52. The van der Waals surface area contributed by atoms with Crippen LogP contribution in [0.5, 0.6) is 0 Å². The van der Waals surface area contributed by atoms with Crippen molar-refractivity contribution in [3.63, 3.8) is 0 Å². The fraction of sp³-hybridized carbons (Fsp3) is 0.480. The molecular weight excluding hydrogens is 510 g/mol. The van der Waals surface area contributed by atoms with E-state index in [1.807, 2.05) is 24.3 Å². The molecule has 10 heteroatoms. The average Bonchev–Trinajstić information content (AvgIpc) is 2.81. The third kappa shape index (κ3) is 5.35. The molecule has 9 nitrogen and oxygen atoms in total. The zero-order valence-electron chi connectivity index (χ0n) is 19.6. The Morgan fingerprint density at radius 3 is 2.77 bits per heavy atom. The number of nitrogens with two attached hydrogens (primary N) is 1. The van der Waals surface area contributed by atoms with Crippen LogP contribution in [0, 0.1) is 17.8 Å². The molecule has 0 amide bonds. The van der Waals surface area contributed by atoms with Gasteiger partial charge in [-0.3, -0.25) is 4.99 Å². The molecule has 4 aliphatic rings. The number of hydrogen-bond acceptors (Lipinski definition) is 9. The van der Waals surface area contributed by atoms with E-state index in [2.05, 4.69) is 43.3 Å². The number of nitrogens with one attached hydrogen (secondary N) is 2. The van der Waals surface area contributed by atoms with E-state index in [0.717, 1.165) is 40.8 Å². The van der Waals surface area contributed by atoms with Gasteiger partial charge in [0.25, 0.3) is 0 Å². The van der Waals surface area contributed by atoms with E-state index in [1.165, 1.54) is 17.9 Å². The molecule has 0 radical (unpaired) electrons.